The summed E-state index contributed by atoms with van der Waals surface area (Å²) in [7, 11) is 0. The van der Waals surface area contributed by atoms with E-state index in [0.29, 0.717) is 5.90 Å². The molecule has 0 amide bonds. The molecule has 3 aromatic rings. The van der Waals surface area contributed by atoms with E-state index < -0.39 is 0 Å². The van der Waals surface area contributed by atoms with E-state index in [-0.39, 0.29) is 0 Å². The van der Waals surface area contributed by atoms with Crippen LogP contribution in [0.5, 0.6) is 11.5 Å². The van der Waals surface area contributed by atoms with Gasteiger partial charge < -0.3 is 9.47 Å². The largest absolute Gasteiger partial charge is 0.465 e. The Balaban J connectivity index is 1.85. The van der Waals surface area contributed by atoms with Gasteiger partial charge in [-0.1, -0.05) is 36.4 Å². The molecule has 3 rings (SSSR count). The van der Waals surface area contributed by atoms with Gasteiger partial charge in [-0.25, -0.2) is 4.99 Å². The van der Waals surface area contributed by atoms with Gasteiger partial charge in [-0.2, -0.15) is 0 Å². The average Bonchev–Trinajstić information content (AvgIpc) is 2.73. The summed E-state index contributed by atoms with van der Waals surface area (Å²) in [4.78, 5) is 5.83. The third-order valence-electron chi connectivity index (χ3n) is 3.71. The van der Waals surface area contributed by atoms with Crippen LogP contribution in [0.2, 0.25) is 0 Å². The third-order valence-corrected chi connectivity index (χ3v) is 4.46. The van der Waals surface area contributed by atoms with Gasteiger partial charge >= 0.3 is 0 Å². The van der Waals surface area contributed by atoms with E-state index in [1.807, 2.05) is 98.1 Å². The SMILES string of the molecule is CSc1ccc(OC(=Nc2ccccc2)C(C)=COc2ccccc2)cc1. The molecule has 0 aliphatic heterocycles. The van der Waals surface area contributed by atoms with Gasteiger partial charge in [0.1, 0.15) is 11.5 Å². The van der Waals surface area contributed by atoms with Crippen LogP contribution in [0.25, 0.3) is 0 Å². The van der Waals surface area contributed by atoms with Gasteiger partial charge in [-0.15, -0.1) is 11.8 Å². The predicted molar refractivity (Wildman–Crippen MR) is 113 cm³/mol. The lowest BCUT2D eigenvalue weighted by Crippen LogP contribution is -2.10. The Bertz CT molecular complexity index is 904. The molecule has 0 unspecified atom stereocenters. The fraction of sp³-hybridized carbons (Fsp3) is 0.0870. The lowest BCUT2D eigenvalue weighted by Gasteiger charge is -2.10. The Morgan fingerprint density at radius 1 is 0.815 bits per heavy atom. The molecular formula is C23H21NO2S. The molecule has 0 bridgehead atoms. The minimum atomic E-state index is 0.494. The monoisotopic (exact) mass is 375 g/mol. The number of rotatable bonds is 6. The Kier molecular flexibility index (Phi) is 6.72. The van der Waals surface area contributed by atoms with Crippen molar-refractivity contribution >= 4 is 23.3 Å². The molecule has 0 aliphatic rings. The fourth-order valence-corrected chi connectivity index (χ4v) is 2.68. The Labute approximate surface area is 164 Å². The molecule has 0 fully saturated rings. The fourth-order valence-electron chi connectivity index (χ4n) is 2.27. The van der Waals surface area contributed by atoms with Crippen molar-refractivity contribution in [1.82, 2.24) is 0 Å². The molecule has 0 aromatic heterocycles. The molecule has 0 N–H and O–H groups in total. The second-order valence-corrected chi connectivity index (χ2v) is 6.64. The van der Waals surface area contributed by atoms with E-state index in [9.17, 15) is 0 Å². The quantitative estimate of drug-likeness (QED) is 0.213. The number of thioether (sulfide) groups is 1. The van der Waals surface area contributed by atoms with Crippen LogP contribution in [0.15, 0.2) is 107 Å². The van der Waals surface area contributed by atoms with Crippen molar-refractivity contribution in [2.24, 2.45) is 4.99 Å². The van der Waals surface area contributed by atoms with E-state index in [0.717, 1.165) is 22.8 Å². The standard InChI is InChI=1S/C23H21NO2S/c1-18(17-25-20-11-7-4-8-12-20)23(24-19-9-5-3-6-10-19)26-21-13-15-22(27-2)16-14-21/h3-17H,1-2H3. The van der Waals surface area contributed by atoms with Crippen molar-refractivity contribution in [1.29, 1.82) is 0 Å². The number of nitrogens with zero attached hydrogens (tertiary/aromatic N) is 1. The van der Waals surface area contributed by atoms with E-state index in [2.05, 4.69) is 4.99 Å². The number of para-hydroxylation sites is 2. The first-order chi connectivity index (χ1) is 13.2. The highest BCUT2D eigenvalue weighted by molar-refractivity contribution is 7.98. The number of aliphatic imine (C=N–C) groups is 1. The first-order valence-electron chi connectivity index (χ1n) is 8.59. The van der Waals surface area contributed by atoms with Crippen LogP contribution in [0, 0.1) is 0 Å². The summed E-state index contributed by atoms with van der Waals surface area (Å²) in [5.74, 6) is 1.99. The van der Waals surface area contributed by atoms with Crippen molar-refractivity contribution in [3.8, 4) is 11.5 Å². The van der Waals surface area contributed by atoms with Gasteiger partial charge in [-0.3, -0.25) is 0 Å². The Hall–Kier alpha value is -2.98. The third kappa shape index (κ3) is 5.76. The molecule has 136 valence electrons. The van der Waals surface area contributed by atoms with Crippen LogP contribution in [0.3, 0.4) is 0 Å². The predicted octanol–water partition coefficient (Wildman–Crippen LogP) is 6.50. The maximum atomic E-state index is 6.06. The maximum absolute atomic E-state index is 6.06. The molecule has 0 saturated heterocycles. The van der Waals surface area contributed by atoms with Gasteiger partial charge in [0.05, 0.1) is 11.9 Å². The first kappa shape index (κ1) is 18.8. The second kappa shape index (κ2) is 9.64. The molecule has 3 nitrogen and oxygen atoms in total. The van der Waals surface area contributed by atoms with Crippen LogP contribution in [0.4, 0.5) is 5.69 Å². The highest BCUT2D eigenvalue weighted by atomic mass is 32.2. The van der Waals surface area contributed by atoms with Gasteiger partial charge in [0.2, 0.25) is 5.90 Å². The van der Waals surface area contributed by atoms with E-state index in [1.165, 1.54) is 4.90 Å². The summed E-state index contributed by atoms with van der Waals surface area (Å²) in [6, 6.07) is 27.3. The number of ether oxygens (including phenoxy) is 2. The van der Waals surface area contributed by atoms with Crippen molar-refractivity contribution in [2.45, 2.75) is 11.8 Å². The Morgan fingerprint density at radius 3 is 2.07 bits per heavy atom. The van der Waals surface area contributed by atoms with Gasteiger partial charge in [0, 0.05) is 10.5 Å². The summed E-state index contributed by atoms with van der Waals surface area (Å²) >= 11 is 1.69. The number of hydrogen-bond acceptors (Lipinski definition) is 4. The van der Waals surface area contributed by atoms with Gasteiger partial charge in [0.25, 0.3) is 0 Å². The molecule has 4 heteroatoms. The zero-order valence-corrected chi connectivity index (χ0v) is 16.1. The van der Waals surface area contributed by atoms with Crippen LogP contribution < -0.4 is 9.47 Å². The summed E-state index contributed by atoms with van der Waals surface area (Å²) in [6.07, 6.45) is 3.71. The number of hydrogen-bond donors (Lipinski definition) is 0. The van der Waals surface area contributed by atoms with E-state index >= 15 is 0 Å². The number of benzene rings is 3. The first-order valence-corrected chi connectivity index (χ1v) is 9.81. The topological polar surface area (TPSA) is 30.8 Å². The van der Waals surface area contributed by atoms with Crippen molar-refractivity contribution < 1.29 is 9.47 Å². The minimum Gasteiger partial charge on any atom is -0.465 e. The minimum absolute atomic E-state index is 0.494. The zero-order valence-electron chi connectivity index (χ0n) is 15.3. The van der Waals surface area contributed by atoms with Crippen molar-refractivity contribution in [2.75, 3.05) is 6.26 Å². The van der Waals surface area contributed by atoms with Gasteiger partial charge in [0.15, 0.2) is 0 Å². The summed E-state index contributed by atoms with van der Waals surface area (Å²) < 4.78 is 11.8. The average molecular weight is 375 g/mol. The molecule has 27 heavy (non-hydrogen) atoms. The zero-order chi connectivity index (χ0) is 18.9. The maximum Gasteiger partial charge on any atom is 0.225 e. The molecule has 0 heterocycles. The van der Waals surface area contributed by atoms with Gasteiger partial charge in [-0.05, 0) is 61.7 Å². The normalized spacial score (nSPS) is 11.9. The lowest BCUT2D eigenvalue weighted by molar-refractivity contribution is 0.473. The molecule has 0 atom stereocenters. The van der Waals surface area contributed by atoms with Crippen LogP contribution in [0.1, 0.15) is 6.92 Å². The lowest BCUT2D eigenvalue weighted by atomic mass is 10.3. The van der Waals surface area contributed by atoms with E-state index in [1.54, 1.807) is 18.0 Å². The smallest absolute Gasteiger partial charge is 0.225 e. The van der Waals surface area contributed by atoms with Crippen molar-refractivity contribution in [3.05, 3.63) is 96.8 Å². The van der Waals surface area contributed by atoms with Crippen LogP contribution in [-0.2, 0) is 0 Å². The molecular weight excluding hydrogens is 354 g/mol. The molecule has 0 aliphatic carbocycles. The molecule has 0 saturated carbocycles. The van der Waals surface area contributed by atoms with Crippen LogP contribution in [-0.4, -0.2) is 12.2 Å². The highest BCUT2D eigenvalue weighted by Crippen LogP contribution is 2.21. The molecule has 0 radical (unpaired) electrons. The Morgan fingerprint density at radius 2 is 1.44 bits per heavy atom. The van der Waals surface area contributed by atoms with E-state index in [4.69, 9.17) is 9.47 Å². The summed E-state index contributed by atoms with van der Waals surface area (Å²) in [6.45, 7) is 1.92. The van der Waals surface area contributed by atoms with Crippen molar-refractivity contribution in [3.63, 3.8) is 0 Å². The summed E-state index contributed by atoms with van der Waals surface area (Å²) in [5, 5.41) is 0. The second-order valence-electron chi connectivity index (χ2n) is 5.76. The summed E-state index contributed by atoms with van der Waals surface area (Å²) in [5.41, 5.74) is 1.61. The molecule has 0 spiro atoms. The molecule has 3 aromatic carbocycles. The van der Waals surface area contributed by atoms with Crippen LogP contribution >= 0.6 is 11.8 Å². The highest BCUT2D eigenvalue weighted by Gasteiger charge is 2.08.